The van der Waals surface area contributed by atoms with Crippen molar-refractivity contribution in [2.75, 3.05) is 24.2 Å². The van der Waals surface area contributed by atoms with E-state index >= 15 is 0 Å². The molecule has 1 aromatic rings. The van der Waals surface area contributed by atoms with Crippen LogP contribution in [0, 0.1) is 13.8 Å². The molecule has 0 aliphatic rings. The molecule has 1 heterocycles. The molecule has 2 N–H and O–H groups in total. The summed E-state index contributed by atoms with van der Waals surface area (Å²) in [5, 5.41) is 5.47. The molecule has 0 radical (unpaired) electrons. The number of nitrogens with zero attached hydrogens (tertiary/aromatic N) is 2. The Morgan fingerprint density at radius 2 is 1.80 bits per heavy atom. The summed E-state index contributed by atoms with van der Waals surface area (Å²) >= 11 is 0. The van der Waals surface area contributed by atoms with Gasteiger partial charge >= 0.3 is 0 Å². The van der Waals surface area contributed by atoms with E-state index in [1.54, 1.807) is 20.9 Å². The van der Waals surface area contributed by atoms with Gasteiger partial charge < -0.3 is 10.6 Å². The molecule has 0 saturated heterocycles. The molecular weight excluding hydrogens is 202 g/mol. The molecule has 0 aliphatic heterocycles. The third-order valence-electron chi connectivity index (χ3n) is 1.92. The van der Waals surface area contributed by atoms with Crippen molar-refractivity contribution in [3.63, 3.8) is 0 Å². The highest BCUT2D eigenvalue weighted by Crippen LogP contribution is 2.19. The lowest BCUT2D eigenvalue weighted by Crippen LogP contribution is -2.14. The third kappa shape index (κ3) is 3.00. The van der Waals surface area contributed by atoms with Crippen molar-refractivity contribution in [2.45, 2.75) is 20.3 Å². The SMILES string of the molecule is CNc1nc(C)nc(NCC(F)F)c1C. The molecule has 0 unspecified atom stereocenters. The Hall–Kier alpha value is -1.46. The lowest BCUT2D eigenvalue weighted by Gasteiger charge is -2.12. The maximum absolute atomic E-state index is 12.0. The summed E-state index contributed by atoms with van der Waals surface area (Å²) in [5.74, 6) is 1.65. The third-order valence-corrected chi connectivity index (χ3v) is 1.92. The Morgan fingerprint density at radius 1 is 1.20 bits per heavy atom. The van der Waals surface area contributed by atoms with Crippen LogP contribution in [0.3, 0.4) is 0 Å². The summed E-state index contributed by atoms with van der Waals surface area (Å²) in [6.45, 7) is 3.09. The predicted molar refractivity (Wildman–Crippen MR) is 55.5 cm³/mol. The number of nitrogens with one attached hydrogen (secondary N) is 2. The Balaban J connectivity index is 2.91. The van der Waals surface area contributed by atoms with Crippen molar-refractivity contribution >= 4 is 11.6 Å². The Bertz CT molecular complexity index is 341. The first-order valence-corrected chi connectivity index (χ1v) is 4.59. The summed E-state index contributed by atoms with van der Waals surface area (Å²) in [4.78, 5) is 8.19. The first-order valence-electron chi connectivity index (χ1n) is 4.59. The molecule has 84 valence electrons. The molecule has 0 amide bonds. The van der Waals surface area contributed by atoms with E-state index in [-0.39, 0.29) is 0 Å². The fraction of sp³-hybridized carbons (Fsp3) is 0.556. The average molecular weight is 216 g/mol. The molecule has 4 nitrogen and oxygen atoms in total. The maximum atomic E-state index is 12.0. The number of hydrogen-bond acceptors (Lipinski definition) is 4. The van der Waals surface area contributed by atoms with E-state index in [1.165, 1.54) is 0 Å². The van der Waals surface area contributed by atoms with Crippen LogP contribution in [0.25, 0.3) is 0 Å². The van der Waals surface area contributed by atoms with Crippen LogP contribution in [0.5, 0.6) is 0 Å². The van der Waals surface area contributed by atoms with Gasteiger partial charge in [-0.15, -0.1) is 0 Å². The van der Waals surface area contributed by atoms with Crippen molar-refractivity contribution in [3.8, 4) is 0 Å². The van der Waals surface area contributed by atoms with E-state index in [9.17, 15) is 8.78 Å². The van der Waals surface area contributed by atoms with Gasteiger partial charge in [0.05, 0.1) is 6.54 Å². The number of aryl methyl sites for hydroxylation is 1. The minimum Gasteiger partial charge on any atom is -0.373 e. The van der Waals surface area contributed by atoms with Gasteiger partial charge in [-0.2, -0.15) is 0 Å². The van der Waals surface area contributed by atoms with E-state index < -0.39 is 13.0 Å². The van der Waals surface area contributed by atoms with Crippen LogP contribution in [-0.2, 0) is 0 Å². The number of anilines is 2. The number of aromatic nitrogens is 2. The quantitative estimate of drug-likeness (QED) is 0.806. The van der Waals surface area contributed by atoms with Gasteiger partial charge in [-0.1, -0.05) is 0 Å². The number of hydrogen-bond donors (Lipinski definition) is 2. The highest BCUT2D eigenvalue weighted by Gasteiger charge is 2.09. The normalized spacial score (nSPS) is 10.5. The van der Waals surface area contributed by atoms with Crippen molar-refractivity contribution < 1.29 is 8.78 Å². The molecule has 0 aromatic carbocycles. The van der Waals surface area contributed by atoms with Gasteiger partial charge in [0.15, 0.2) is 0 Å². The van der Waals surface area contributed by atoms with Gasteiger partial charge in [0.2, 0.25) is 0 Å². The summed E-state index contributed by atoms with van der Waals surface area (Å²) in [6.07, 6.45) is -2.39. The molecule has 0 bridgehead atoms. The molecule has 6 heteroatoms. The zero-order chi connectivity index (χ0) is 11.4. The fourth-order valence-electron chi connectivity index (χ4n) is 1.22. The van der Waals surface area contributed by atoms with Crippen LogP contribution in [0.15, 0.2) is 0 Å². The molecule has 0 saturated carbocycles. The van der Waals surface area contributed by atoms with Crippen molar-refractivity contribution in [1.82, 2.24) is 9.97 Å². The average Bonchev–Trinajstić information content (AvgIpc) is 2.18. The largest absolute Gasteiger partial charge is 0.373 e. The van der Waals surface area contributed by atoms with Gasteiger partial charge in [-0.25, -0.2) is 18.7 Å². The molecule has 1 aromatic heterocycles. The summed E-state index contributed by atoms with van der Waals surface area (Å²) in [7, 11) is 1.73. The molecular formula is C9H14F2N4. The Morgan fingerprint density at radius 3 is 2.33 bits per heavy atom. The second kappa shape index (κ2) is 4.86. The maximum Gasteiger partial charge on any atom is 0.255 e. The van der Waals surface area contributed by atoms with Crippen LogP contribution < -0.4 is 10.6 Å². The molecule has 0 atom stereocenters. The first-order chi connectivity index (χ1) is 7.04. The van der Waals surface area contributed by atoms with Crippen LogP contribution in [-0.4, -0.2) is 30.0 Å². The molecule has 1 rings (SSSR count). The molecule has 15 heavy (non-hydrogen) atoms. The lowest BCUT2D eigenvalue weighted by atomic mass is 10.3. The van der Waals surface area contributed by atoms with Crippen LogP contribution in [0.1, 0.15) is 11.4 Å². The monoisotopic (exact) mass is 216 g/mol. The standard InChI is InChI=1S/C9H14F2N4/c1-5-8(12-3)14-6(2)15-9(5)13-4-7(10)11/h7H,4H2,1-3H3,(H2,12,13,14,15). The number of alkyl halides is 2. The Kier molecular flexibility index (Phi) is 3.76. The van der Waals surface area contributed by atoms with Crippen molar-refractivity contribution in [1.29, 1.82) is 0 Å². The zero-order valence-electron chi connectivity index (χ0n) is 8.93. The van der Waals surface area contributed by atoms with Gasteiger partial charge in [0.25, 0.3) is 6.43 Å². The van der Waals surface area contributed by atoms with E-state index in [1.807, 2.05) is 0 Å². The van der Waals surface area contributed by atoms with E-state index in [0.717, 1.165) is 5.56 Å². The predicted octanol–water partition coefficient (Wildman–Crippen LogP) is 1.81. The zero-order valence-corrected chi connectivity index (χ0v) is 8.93. The van der Waals surface area contributed by atoms with Gasteiger partial charge in [0, 0.05) is 12.6 Å². The van der Waals surface area contributed by atoms with Crippen molar-refractivity contribution in [2.24, 2.45) is 0 Å². The minimum absolute atomic E-state index is 0.402. The van der Waals surface area contributed by atoms with Crippen LogP contribution in [0.2, 0.25) is 0 Å². The van der Waals surface area contributed by atoms with Gasteiger partial charge in [-0.05, 0) is 13.8 Å². The number of halogens is 2. The van der Waals surface area contributed by atoms with Crippen LogP contribution in [0.4, 0.5) is 20.4 Å². The van der Waals surface area contributed by atoms with E-state index in [4.69, 9.17) is 0 Å². The molecule has 0 aliphatic carbocycles. The topological polar surface area (TPSA) is 49.8 Å². The van der Waals surface area contributed by atoms with Gasteiger partial charge in [0.1, 0.15) is 17.5 Å². The summed E-state index contributed by atoms with van der Waals surface area (Å²) in [5.41, 5.74) is 0.740. The summed E-state index contributed by atoms with van der Waals surface area (Å²) < 4.78 is 24.0. The molecule has 0 fully saturated rings. The summed E-state index contributed by atoms with van der Waals surface area (Å²) in [6, 6.07) is 0. The van der Waals surface area contributed by atoms with Gasteiger partial charge in [-0.3, -0.25) is 0 Å². The second-order valence-corrected chi connectivity index (χ2v) is 3.12. The Labute approximate surface area is 87.1 Å². The van der Waals surface area contributed by atoms with Crippen molar-refractivity contribution in [3.05, 3.63) is 11.4 Å². The highest BCUT2D eigenvalue weighted by molar-refractivity contribution is 5.56. The fourth-order valence-corrected chi connectivity index (χ4v) is 1.22. The molecule has 0 spiro atoms. The highest BCUT2D eigenvalue weighted by atomic mass is 19.3. The lowest BCUT2D eigenvalue weighted by molar-refractivity contribution is 0.163. The van der Waals surface area contributed by atoms with Crippen LogP contribution >= 0.6 is 0 Å². The first kappa shape index (κ1) is 11.6. The minimum atomic E-state index is -2.39. The smallest absolute Gasteiger partial charge is 0.255 e. The number of rotatable bonds is 4. The van der Waals surface area contributed by atoms with E-state index in [0.29, 0.717) is 17.5 Å². The second-order valence-electron chi connectivity index (χ2n) is 3.12. The van der Waals surface area contributed by atoms with E-state index in [2.05, 4.69) is 20.6 Å².